The first-order valence-corrected chi connectivity index (χ1v) is 9.65. The fourth-order valence-corrected chi connectivity index (χ4v) is 4.06. The maximum atomic E-state index is 12.9. The van der Waals surface area contributed by atoms with Crippen LogP contribution >= 0.6 is 11.6 Å². The number of hydrogen-bond donors (Lipinski definition) is 1. The average Bonchev–Trinajstić information content (AvgIpc) is 3.13. The minimum atomic E-state index is -0.0412. The van der Waals surface area contributed by atoms with Crippen molar-refractivity contribution in [1.82, 2.24) is 20.0 Å². The van der Waals surface area contributed by atoms with E-state index in [1.165, 1.54) is 6.42 Å². The molecule has 2 heterocycles. The number of halogens is 1. The third-order valence-corrected chi connectivity index (χ3v) is 5.34. The molecule has 1 aliphatic rings. The molecular weight excluding hydrogens is 348 g/mol. The number of amides is 1. The van der Waals surface area contributed by atoms with Crippen molar-refractivity contribution in [3.63, 3.8) is 0 Å². The van der Waals surface area contributed by atoms with Gasteiger partial charge in [0.25, 0.3) is 5.91 Å². The van der Waals surface area contributed by atoms with Gasteiger partial charge in [-0.2, -0.15) is 5.10 Å². The summed E-state index contributed by atoms with van der Waals surface area (Å²) in [7, 11) is 0. The molecule has 1 fully saturated rings. The van der Waals surface area contributed by atoms with Crippen molar-refractivity contribution in [2.45, 2.75) is 26.8 Å². The summed E-state index contributed by atoms with van der Waals surface area (Å²) in [6.07, 6.45) is 2.89. The lowest BCUT2D eigenvalue weighted by atomic mass is 9.92. The monoisotopic (exact) mass is 374 g/mol. The number of benzene rings is 1. The number of rotatable bonds is 6. The van der Waals surface area contributed by atoms with Gasteiger partial charge in [0.05, 0.1) is 0 Å². The van der Waals surface area contributed by atoms with Gasteiger partial charge in [0.1, 0.15) is 5.69 Å². The molecule has 3 rings (SSSR count). The molecule has 2 unspecified atom stereocenters. The summed E-state index contributed by atoms with van der Waals surface area (Å²) in [5, 5.41) is 7.38. The molecule has 140 valence electrons. The number of hydrogen-bond acceptors (Lipinski definition) is 3. The van der Waals surface area contributed by atoms with Crippen LogP contribution in [0.15, 0.2) is 36.5 Å². The Morgan fingerprint density at radius 2 is 2.00 bits per heavy atom. The van der Waals surface area contributed by atoms with E-state index in [1.807, 2.05) is 29.2 Å². The van der Waals surface area contributed by atoms with Gasteiger partial charge in [0, 0.05) is 43.9 Å². The van der Waals surface area contributed by atoms with Crippen LogP contribution in [0.2, 0.25) is 5.02 Å². The van der Waals surface area contributed by atoms with Crippen LogP contribution in [0, 0.1) is 11.8 Å². The van der Waals surface area contributed by atoms with Crippen molar-refractivity contribution in [1.29, 1.82) is 0 Å². The fraction of sp³-hybridized carbons (Fsp3) is 0.500. The molecule has 0 bridgehead atoms. The number of H-pyrrole nitrogens is 1. The highest BCUT2D eigenvalue weighted by Gasteiger charge is 2.24. The molecule has 2 atom stereocenters. The summed E-state index contributed by atoms with van der Waals surface area (Å²) in [6.45, 7) is 8.85. The first-order valence-electron chi connectivity index (χ1n) is 9.27. The van der Waals surface area contributed by atoms with Gasteiger partial charge in [-0.1, -0.05) is 43.6 Å². The quantitative estimate of drug-likeness (QED) is 0.839. The van der Waals surface area contributed by atoms with Crippen LogP contribution < -0.4 is 0 Å². The van der Waals surface area contributed by atoms with Crippen LogP contribution in [0.5, 0.6) is 0 Å². The summed E-state index contributed by atoms with van der Waals surface area (Å²) in [6, 6.07) is 9.41. The number of piperidine rings is 1. The van der Waals surface area contributed by atoms with Crippen molar-refractivity contribution in [3.05, 3.63) is 52.8 Å². The molecule has 1 aromatic heterocycles. The molecule has 5 nitrogen and oxygen atoms in total. The number of aromatic nitrogens is 2. The summed E-state index contributed by atoms with van der Waals surface area (Å²) in [5.41, 5.74) is 1.47. The average molecular weight is 375 g/mol. The van der Waals surface area contributed by atoms with E-state index >= 15 is 0 Å². The zero-order chi connectivity index (χ0) is 18.5. The Bertz CT molecular complexity index is 708. The van der Waals surface area contributed by atoms with E-state index in [1.54, 1.807) is 12.3 Å². The highest BCUT2D eigenvalue weighted by atomic mass is 35.5. The Morgan fingerprint density at radius 3 is 2.65 bits per heavy atom. The van der Waals surface area contributed by atoms with E-state index in [0.29, 0.717) is 35.6 Å². The minimum Gasteiger partial charge on any atom is -0.332 e. The number of aromatic amines is 1. The molecule has 0 saturated carbocycles. The molecular formula is C20H27ClN4O. The number of carbonyl (C=O) groups excluding carboxylic acids is 1. The number of likely N-dealkylation sites (tertiary alicyclic amines) is 1. The van der Waals surface area contributed by atoms with Crippen molar-refractivity contribution in [3.8, 4) is 0 Å². The lowest BCUT2D eigenvalue weighted by Crippen LogP contribution is -2.44. The second kappa shape index (κ2) is 8.69. The highest BCUT2D eigenvalue weighted by molar-refractivity contribution is 6.31. The van der Waals surface area contributed by atoms with Crippen LogP contribution in [0.25, 0.3) is 0 Å². The van der Waals surface area contributed by atoms with Gasteiger partial charge in [-0.25, -0.2) is 0 Å². The third kappa shape index (κ3) is 4.86. The molecule has 1 amide bonds. The molecule has 6 heteroatoms. The molecule has 0 radical (unpaired) electrons. The molecule has 1 aliphatic heterocycles. The smallest absolute Gasteiger partial charge is 0.272 e. The van der Waals surface area contributed by atoms with Crippen molar-refractivity contribution >= 4 is 17.5 Å². The Labute approximate surface area is 160 Å². The maximum Gasteiger partial charge on any atom is 0.272 e. The predicted octanol–water partition coefficient (Wildman–Crippen LogP) is 3.68. The highest BCUT2D eigenvalue weighted by Crippen LogP contribution is 2.22. The summed E-state index contributed by atoms with van der Waals surface area (Å²) in [5.74, 6) is 1.37. The van der Waals surface area contributed by atoms with Gasteiger partial charge in [-0.15, -0.1) is 0 Å². The summed E-state index contributed by atoms with van der Waals surface area (Å²) in [4.78, 5) is 17.2. The number of carbonyl (C=O) groups is 1. The Balaban J connectivity index is 1.70. The van der Waals surface area contributed by atoms with Gasteiger partial charge in [-0.05, 0) is 36.0 Å². The first-order chi connectivity index (χ1) is 12.5. The van der Waals surface area contributed by atoms with E-state index in [4.69, 9.17) is 11.6 Å². The van der Waals surface area contributed by atoms with E-state index in [-0.39, 0.29) is 5.91 Å². The van der Waals surface area contributed by atoms with Crippen LogP contribution in [-0.2, 0) is 6.54 Å². The standard InChI is InChI=1S/C20H27ClN4O/c1-15-11-16(2)13-24(12-15)9-10-25(20(26)19-7-8-22-23-19)14-17-5-3-4-6-18(17)21/h3-8,15-16H,9-14H2,1-2H3,(H,22,23). The zero-order valence-corrected chi connectivity index (χ0v) is 16.2. The van der Waals surface area contributed by atoms with Gasteiger partial charge in [-0.3, -0.25) is 9.89 Å². The summed E-state index contributed by atoms with van der Waals surface area (Å²) < 4.78 is 0. The molecule has 1 aromatic carbocycles. The van der Waals surface area contributed by atoms with Crippen LogP contribution in [0.3, 0.4) is 0 Å². The normalized spacial score (nSPS) is 20.9. The van der Waals surface area contributed by atoms with Crippen LogP contribution in [-0.4, -0.2) is 52.1 Å². The second-order valence-corrected chi connectivity index (χ2v) is 7.90. The Hall–Kier alpha value is -1.85. The molecule has 0 aliphatic carbocycles. The molecule has 0 spiro atoms. The van der Waals surface area contributed by atoms with Crippen molar-refractivity contribution < 1.29 is 4.79 Å². The van der Waals surface area contributed by atoms with Gasteiger partial charge >= 0.3 is 0 Å². The van der Waals surface area contributed by atoms with E-state index < -0.39 is 0 Å². The predicted molar refractivity (Wildman–Crippen MR) is 104 cm³/mol. The fourth-order valence-electron chi connectivity index (χ4n) is 3.87. The van der Waals surface area contributed by atoms with Crippen LogP contribution in [0.1, 0.15) is 36.3 Å². The number of nitrogens with zero attached hydrogens (tertiary/aromatic N) is 3. The molecule has 26 heavy (non-hydrogen) atoms. The van der Waals surface area contributed by atoms with Gasteiger partial charge < -0.3 is 9.80 Å². The van der Waals surface area contributed by atoms with Gasteiger partial charge in [0.15, 0.2) is 0 Å². The Kier molecular flexibility index (Phi) is 6.33. The topological polar surface area (TPSA) is 52.2 Å². The third-order valence-electron chi connectivity index (χ3n) is 4.97. The zero-order valence-electron chi connectivity index (χ0n) is 15.5. The molecule has 2 aromatic rings. The van der Waals surface area contributed by atoms with Crippen molar-refractivity contribution in [2.24, 2.45) is 11.8 Å². The van der Waals surface area contributed by atoms with E-state index in [0.717, 1.165) is 25.2 Å². The van der Waals surface area contributed by atoms with Crippen molar-refractivity contribution in [2.75, 3.05) is 26.2 Å². The van der Waals surface area contributed by atoms with E-state index in [2.05, 4.69) is 28.9 Å². The largest absolute Gasteiger partial charge is 0.332 e. The first kappa shape index (κ1) is 18.9. The van der Waals surface area contributed by atoms with E-state index in [9.17, 15) is 4.79 Å². The summed E-state index contributed by atoms with van der Waals surface area (Å²) >= 11 is 6.32. The maximum absolute atomic E-state index is 12.9. The van der Waals surface area contributed by atoms with Gasteiger partial charge in [0.2, 0.25) is 0 Å². The lowest BCUT2D eigenvalue weighted by Gasteiger charge is -2.36. The Morgan fingerprint density at radius 1 is 1.27 bits per heavy atom. The lowest BCUT2D eigenvalue weighted by molar-refractivity contribution is 0.0683. The second-order valence-electron chi connectivity index (χ2n) is 7.49. The van der Waals surface area contributed by atoms with Crippen LogP contribution in [0.4, 0.5) is 0 Å². The minimum absolute atomic E-state index is 0.0412. The number of nitrogens with one attached hydrogen (secondary N) is 1. The SMILES string of the molecule is CC1CC(C)CN(CCN(Cc2ccccc2Cl)C(=O)c2ccn[nH]2)C1. The molecule has 1 saturated heterocycles. The molecule has 1 N–H and O–H groups in total.